The Kier molecular flexibility index (Phi) is 8.25. The maximum absolute atomic E-state index is 11.9. The number of benzene rings is 2. The molecule has 2 aromatic rings. The summed E-state index contributed by atoms with van der Waals surface area (Å²) in [6.45, 7) is 2.33. The van der Waals surface area contributed by atoms with Crippen LogP contribution >= 0.6 is 11.6 Å². The van der Waals surface area contributed by atoms with Crippen LogP contribution in [0.15, 0.2) is 48.5 Å². The van der Waals surface area contributed by atoms with Crippen molar-refractivity contribution in [3.8, 4) is 5.75 Å². The van der Waals surface area contributed by atoms with E-state index in [9.17, 15) is 4.79 Å². The highest BCUT2D eigenvalue weighted by Gasteiger charge is 2.07. The SMILES string of the molecule is COCCNCC(=O)NCc1ccccc1COc1ccccc1Cl. The van der Waals surface area contributed by atoms with Crippen molar-refractivity contribution >= 4 is 17.5 Å². The molecule has 0 spiro atoms. The average Bonchev–Trinajstić information content (AvgIpc) is 2.63. The fraction of sp³-hybridized carbons (Fsp3) is 0.316. The van der Waals surface area contributed by atoms with Crippen molar-refractivity contribution in [2.24, 2.45) is 0 Å². The molecule has 0 radical (unpaired) electrons. The topological polar surface area (TPSA) is 59.6 Å². The molecular weight excluding hydrogens is 340 g/mol. The highest BCUT2D eigenvalue weighted by Crippen LogP contribution is 2.24. The molecule has 0 aliphatic heterocycles. The smallest absolute Gasteiger partial charge is 0.234 e. The van der Waals surface area contributed by atoms with Crippen molar-refractivity contribution in [1.29, 1.82) is 0 Å². The molecule has 0 aromatic heterocycles. The van der Waals surface area contributed by atoms with Gasteiger partial charge in [0, 0.05) is 20.2 Å². The van der Waals surface area contributed by atoms with Gasteiger partial charge in [-0.15, -0.1) is 0 Å². The molecule has 134 valence electrons. The fourth-order valence-corrected chi connectivity index (χ4v) is 2.41. The first-order chi connectivity index (χ1) is 12.2. The molecule has 5 nitrogen and oxygen atoms in total. The molecule has 6 heteroatoms. The zero-order chi connectivity index (χ0) is 17.9. The Hall–Kier alpha value is -2.08. The summed E-state index contributed by atoms with van der Waals surface area (Å²) in [5.41, 5.74) is 2.02. The summed E-state index contributed by atoms with van der Waals surface area (Å²) in [7, 11) is 1.63. The summed E-state index contributed by atoms with van der Waals surface area (Å²) < 4.78 is 10.7. The van der Waals surface area contributed by atoms with Gasteiger partial charge in [-0.3, -0.25) is 4.79 Å². The minimum absolute atomic E-state index is 0.0575. The molecule has 2 aromatic carbocycles. The number of hydrogen-bond acceptors (Lipinski definition) is 4. The van der Waals surface area contributed by atoms with Gasteiger partial charge >= 0.3 is 0 Å². The highest BCUT2D eigenvalue weighted by molar-refractivity contribution is 6.32. The largest absolute Gasteiger partial charge is 0.487 e. The Bertz CT molecular complexity index is 679. The second kappa shape index (κ2) is 10.7. The third-order valence-electron chi connectivity index (χ3n) is 3.58. The number of ether oxygens (including phenoxy) is 2. The summed E-state index contributed by atoms with van der Waals surface area (Å²) in [4.78, 5) is 11.9. The number of methoxy groups -OCH3 is 1. The van der Waals surface area contributed by atoms with Crippen LogP contribution in [0.3, 0.4) is 0 Å². The van der Waals surface area contributed by atoms with Gasteiger partial charge in [0.25, 0.3) is 0 Å². The van der Waals surface area contributed by atoms with E-state index < -0.39 is 0 Å². The first-order valence-corrected chi connectivity index (χ1v) is 8.49. The molecule has 0 aliphatic rings. The van der Waals surface area contributed by atoms with Gasteiger partial charge in [0.15, 0.2) is 0 Å². The lowest BCUT2D eigenvalue weighted by atomic mass is 10.1. The van der Waals surface area contributed by atoms with Crippen molar-refractivity contribution in [2.75, 3.05) is 26.8 Å². The van der Waals surface area contributed by atoms with E-state index in [0.29, 0.717) is 37.1 Å². The Balaban J connectivity index is 1.85. The van der Waals surface area contributed by atoms with E-state index in [4.69, 9.17) is 21.1 Å². The number of rotatable bonds is 10. The van der Waals surface area contributed by atoms with Crippen LogP contribution in [0.25, 0.3) is 0 Å². The Morgan fingerprint density at radius 2 is 1.80 bits per heavy atom. The summed E-state index contributed by atoms with van der Waals surface area (Å²) in [6, 6.07) is 15.2. The second-order valence-corrected chi connectivity index (χ2v) is 5.84. The maximum atomic E-state index is 11.9. The van der Waals surface area contributed by atoms with Gasteiger partial charge in [0.05, 0.1) is 18.2 Å². The molecule has 0 atom stereocenters. The molecule has 1 amide bonds. The summed E-state index contributed by atoms with van der Waals surface area (Å²) in [5, 5.41) is 6.49. The summed E-state index contributed by atoms with van der Waals surface area (Å²) >= 11 is 6.11. The van der Waals surface area contributed by atoms with Gasteiger partial charge < -0.3 is 20.1 Å². The lowest BCUT2D eigenvalue weighted by molar-refractivity contribution is -0.120. The monoisotopic (exact) mass is 362 g/mol. The molecule has 2 N–H and O–H groups in total. The average molecular weight is 363 g/mol. The van der Waals surface area contributed by atoms with Crippen LogP contribution in [0.4, 0.5) is 0 Å². The summed E-state index contributed by atoms with van der Waals surface area (Å²) in [6.07, 6.45) is 0. The van der Waals surface area contributed by atoms with Gasteiger partial charge in [0.1, 0.15) is 12.4 Å². The molecule has 0 unspecified atom stereocenters. The normalized spacial score (nSPS) is 10.5. The molecule has 0 fully saturated rings. The molecule has 0 saturated carbocycles. The first kappa shape index (κ1) is 19.2. The van der Waals surface area contributed by atoms with Crippen LogP contribution in [0, 0.1) is 0 Å². The fourth-order valence-electron chi connectivity index (χ4n) is 2.22. The quantitative estimate of drug-likeness (QED) is 0.638. The Morgan fingerprint density at radius 1 is 1.08 bits per heavy atom. The van der Waals surface area contributed by atoms with Crippen LogP contribution in [0.5, 0.6) is 5.75 Å². The lowest BCUT2D eigenvalue weighted by Crippen LogP contribution is -2.35. The number of amides is 1. The lowest BCUT2D eigenvalue weighted by Gasteiger charge is -2.13. The Morgan fingerprint density at radius 3 is 2.56 bits per heavy atom. The molecule has 25 heavy (non-hydrogen) atoms. The van der Waals surface area contributed by atoms with Gasteiger partial charge in [-0.1, -0.05) is 48.0 Å². The van der Waals surface area contributed by atoms with Crippen molar-refractivity contribution in [3.63, 3.8) is 0 Å². The molecule has 0 saturated heterocycles. The molecule has 2 rings (SSSR count). The maximum Gasteiger partial charge on any atom is 0.234 e. The van der Waals surface area contributed by atoms with E-state index >= 15 is 0 Å². The molecule has 0 aliphatic carbocycles. The van der Waals surface area contributed by atoms with Crippen LogP contribution in [-0.2, 0) is 22.7 Å². The number of halogens is 1. The van der Waals surface area contributed by atoms with Crippen molar-refractivity contribution < 1.29 is 14.3 Å². The van der Waals surface area contributed by atoms with Crippen LogP contribution in [0.1, 0.15) is 11.1 Å². The van der Waals surface area contributed by atoms with Crippen LogP contribution < -0.4 is 15.4 Å². The predicted octanol–water partition coefficient (Wildman–Crippen LogP) is 2.77. The number of carbonyl (C=O) groups is 1. The number of para-hydroxylation sites is 1. The van der Waals surface area contributed by atoms with Crippen molar-refractivity contribution in [1.82, 2.24) is 10.6 Å². The van der Waals surface area contributed by atoms with Crippen LogP contribution in [0.2, 0.25) is 5.02 Å². The number of carbonyl (C=O) groups excluding carboxylic acids is 1. The highest BCUT2D eigenvalue weighted by atomic mass is 35.5. The van der Waals surface area contributed by atoms with E-state index in [-0.39, 0.29) is 12.5 Å². The Labute approximate surface area is 153 Å². The van der Waals surface area contributed by atoms with E-state index in [1.54, 1.807) is 13.2 Å². The zero-order valence-corrected chi connectivity index (χ0v) is 15.0. The number of nitrogens with one attached hydrogen (secondary N) is 2. The van der Waals surface area contributed by atoms with E-state index in [1.165, 1.54) is 0 Å². The zero-order valence-electron chi connectivity index (χ0n) is 14.3. The molecule has 0 heterocycles. The van der Waals surface area contributed by atoms with E-state index in [2.05, 4.69) is 10.6 Å². The second-order valence-electron chi connectivity index (χ2n) is 5.43. The molecular formula is C19H23ClN2O3. The van der Waals surface area contributed by atoms with Gasteiger partial charge in [-0.05, 0) is 23.3 Å². The van der Waals surface area contributed by atoms with Crippen LogP contribution in [-0.4, -0.2) is 32.7 Å². The van der Waals surface area contributed by atoms with E-state index in [0.717, 1.165) is 11.1 Å². The summed E-state index contributed by atoms with van der Waals surface area (Å²) in [5.74, 6) is 0.586. The minimum Gasteiger partial charge on any atom is -0.487 e. The minimum atomic E-state index is -0.0575. The van der Waals surface area contributed by atoms with Crippen molar-refractivity contribution in [2.45, 2.75) is 13.2 Å². The van der Waals surface area contributed by atoms with E-state index in [1.807, 2.05) is 42.5 Å². The van der Waals surface area contributed by atoms with Crippen molar-refractivity contribution in [3.05, 3.63) is 64.7 Å². The third-order valence-corrected chi connectivity index (χ3v) is 3.89. The molecule has 0 bridgehead atoms. The number of hydrogen-bond donors (Lipinski definition) is 2. The van der Waals surface area contributed by atoms with Gasteiger partial charge in [-0.25, -0.2) is 0 Å². The third kappa shape index (κ3) is 6.74. The predicted molar refractivity (Wildman–Crippen MR) is 98.8 cm³/mol. The first-order valence-electron chi connectivity index (χ1n) is 8.11. The van der Waals surface area contributed by atoms with Gasteiger partial charge in [-0.2, -0.15) is 0 Å². The van der Waals surface area contributed by atoms with Gasteiger partial charge in [0.2, 0.25) is 5.91 Å². The standard InChI is InChI=1S/C19H23ClN2O3/c1-24-11-10-21-13-19(23)22-12-15-6-2-3-7-16(15)14-25-18-9-5-4-8-17(18)20/h2-9,21H,10-14H2,1H3,(H,22,23).